The zero-order chi connectivity index (χ0) is 19.1. The maximum absolute atomic E-state index is 10.7. The van der Waals surface area contributed by atoms with Gasteiger partial charge in [-0.2, -0.15) is 4.98 Å². The van der Waals surface area contributed by atoms with Crippen molar-refractivity contribution in [2.24, 2.45) is 0 Å². The van der Waals surface area contributed by atoms with E-state index in [0.717, 1.165) is 63.5 Å². The van der Waals surface area contributed by atoms with Gasteiger partial charge in [0.05, 0.1) is 4.88 Å². The van der Waals surface area contributed by atoms with Gasteiger partial charge in [0.1, 0.15) is 16.1 Å². The number of hydrogen-bond donors (Lipinski definition) is 2. The standard InChI is InChI=1S/C22H21N3O2S/c1-14-5-4-6-17-19(14)27-21(25-17)24-16-9-7-15(8-10-16)18-13-23-20(28-18)22(26)11-2-3-12-22/h4-10,13,26H,2-3,11-12H2,1H3,(H,24,25). The second kappa shape index (κ2) is 6.72. The minimum Gasteiger partial charge on any atom is -0.423 e. The topological polar surface area (TPSA) is 71.2 Å². The molecule has 2 aromatic carbocycles. The van der Waals surface area contributed by atoms with Gasteiger partial charge in [-0.05, 0) is 49.1 Å². The van der Waals surface area contributed by atoms with Crippen molar-refractivity contribution in [1.82, 2.24) is 9.97 Å². The summed E-state index contributed by atoms with van der Waals surface area (Å²) in [6, 6.07) is 14.5. The molecule has 1 aliphatic carbocycles. The molecule has 0 spiro atoms. The van der Waals surface area contributed by atoms with Crippen LogP contribution in [0.5, 0.6) is 0 Å². The molecule has 0 unspecified atom stereocenters. The summed E-state index contributed by atoms with van der Waals surface area (Å²) in [5.41, 5.74) is 4.00. The van der Waals surface area contributed by atoms with Gasteiger partial charge in [-0.3, -0.25) is 0 Å². The Bertz CT molecular complexity index is 1120. The number of anilines is 2. The predicted octanol–water partition coefficient (Wildman–Crippen LogP) is 5.76. The van der Waals surface area contributed by atoms with Crippen LogP contribution >= 0.6 is 11.3 Å². The van der Waals surface area contributed by atoms with E-state index >= 15 is 0 Å². The number of thiazole rings is 1. The molecule has 28 heavy (non-hydrogen) atoms. The Labute approximate surface area is 167 Å². The molecule has 1 saturated carbocycles. The summed E-state index contributed by atoms with van der Waals surface area (Å²) in [5, 5.41) is 14.8. The van der Waals surface area contributed by atoms with Crippen LogP contribution < -0.4 is 5.32 Å². The van der Waals surface area contributed by atoms with E-state index in [2.05, 4.69) is 15.3 Å². The van der Waals surface area contributed by atoms with Gasteiger partial charge in [0.2, 0.25) is 0 Å². The fourth-order valence-electron chi connectivity index (χ4n) is 3.78. The molecule has 0 amide bonds. The van der Waals surface area contributed by atoms with Crippen molar-refractivity contribution in [2.45, 2.75) is 38.2 Å². The van der Waals surface area contributed by atoms with Crippen LogP contribution in [0.2, 0.25) is 0 Å². The molecule has 0 aliphatic heterocycles. The van der Waals surface area contributed by atoms with E-state index in [9.17, 15) is 5.11 Å². The lowest BCUT2D eigenvalue weighted by Gasteiger charge is -2.18. The first kappa shape index (κ1) is 17.4. The third-order valence-electron chi connectivity index (χ3n) is 5.37. The van der Waals surface area contributed by atoms with Gasteiger partial charge >= 0.3 is 0 Å². The number of rotatable bonds is 4. The van der Waals surface area contributed by atoms with E-state index in [-0.39, 0.29) is 0 Å². The maximum Gasteiger partial charge on any atom is 0.300 e. The van der Waals surface area contributed by atoms with Crippen molar-refractivity contribution in [3.8, 4) is 10.4 Å². The highest BCUT2D eigenvalue weighted by molar-refractivity contribution is 7.15. The fraction of sp³-hybridized carbons (Fsp3) is 0.273. The van der Waals surface area contributed by atoms with Crippen molar-refractivity contribution < 1.29 is 9.52 Å². The molecule has 5 nitrogen and oxygen atoms in total. The lowest BCUT2D eigenvalue weighted by Crippen LogP contribution is -2.20. The molecule has 0 atom stereocenters. The third-order valence-corrected chi connectivity index (χ3v) is 6.61. The largest absolute Gasteiger partial charge is 0.423 e. The number of aryl methyl sites for hydroxylation is 1. The number of aliphatic hydroxyl groups is 1. The fourth-order valence-corrected chi connectivity index (χ4v) is 4.85. The van der Waals surface area contributed by atoms with Crippen LogP contribution in [0.3, 0.4) is 0 Å². The average Bonchev–Trinajstić information content (AvgIpc) is 3.42. The Balaban J connectivity index is 1.35. The van der Waals surface area contributed by atoms with Crippen LogP contribution in [-0.4, -0.2) is 15.1 Å². The smallest absolute Gasteiger partial charge is 0.300 e. The first-order chi connectivity index (χ1) is 13.6. The number of hydrogen-bond acceptors (Lipinski definition) is 6. The molecule has 2 aromatic heterocycles. The zero-order valence-electron chi connectivity index (χ0n) is 15.6. The number of fused-ring (bicyclic) bond motifs is 1. The minimum atomic E-state index is -0.727. The monoisotopic (exact) mass is 391 g/mol. The molecule has 142 valence electrons. The molecular weight excluding hydrogens is 370 g/mol. The Morgan fingerprint density at radius 3 is 2.64 bits per heavy atom. The van der Waals surface area contributed by atoms with Crippen LogP contribution in [0.25, 0.3) is 21.5 Å². The first-order valence-corrected chi connectivity index (χ1v) is 10.3. The van der Waals surface area contributed by atoms with Crippen molar-refractivity contribution in [3.63, 3.8) is 0 Å². The summed E-state index contributed by atoms with van der Waals surface area (Å²) in [5.74, 6) is 0. The molecule has 1 aliphatic rings. The number of benzene rings is 2. The first-order valence-electron chi connectivity index (χ1n) is 9.53. The van der Waals surface area contributed by atoms with Gasteiger partial charge in [0, 0.05) is 11.9 Å². The number of para-hydroxylation sites is 1. The third kappa shape index (κ3) is 3.08. The van der Waals surface area contributed by atoms with Gasteiger partial charge in [0.15, 0.2) is 5.58 Å². The second-order valence-electron chi connectivity index (χ2n) is 7.41. The van der Waals surface area contributed by atoms with Crippen LogP contribution in [0, 0.1) is 6.92 Å². The highest BCUT2D eigenvalue weighted by atomic mass is 32.1. The highest BCUT2D eigenvalue weighted by Crippen LogP contribution is 2.42. The maximum atomic E-state index is 10.7. The Kier molecular flexibility index (Phi) is 4.18. The van der Waals surface area contributed by atoms with E-state index < -0.39 is 5.60 Å². The molecule has 0 bridgehead atoms. The van der Waals surface area contributed by atoms with E-state index in [4.69, 9.17) is 4.42 Å². The molecule has 4 aromatic rings. The van der Waals surface area contributed by atoms with Gasteiger partial charge in [-0.1, -0.05) is 37.1 Å². The Morgan fingerprint density at radius 1 is 1.11 bits per heavy atom. The Morgan fingerprint density at radius 2 is 1.89 bits per heavy atom. The van der Waals surface area contributed by atoms with Gasteiger partial charge in [-0.15, -0.1) is 11.3 Å². The van der Waals surface area contributed by atoms with Crippen LogP contribution in [-0.2, 0) is 5.60 Å². The number of oxazole rings is 1. The highest BCUT2D eigenvalue weighted by Gasteiger charge is 2.35. The molecule has 0 saturated heterocycles. The number of nitrogens with one attached hydrogen (secondary N) is 1. The molecule has 1 fully saturated rings. The molecule has 2 heterocycles. The number of aromatic nitrogens is 2. The van der Waals surface area contributed by atoms with Crippen LogP contribution in [0.4, 0.5) is 11.7 Å². The SMILES string of the molecule is Cc1cccc2nc(Nc3ccc(-c4cnc(C5(O)CCCC5)s4)cc3)oc12. The van der Waals surface area contributed by atoms with E-state index in [1.54, 1.807) is 11.3 Å². The molecular formula is C22H21N3O2S. The predicted molar refractivity (Wildman–Crippen MR) is 112 cm³/mol. The molecule has 5 rings (SSSR count). The van der Waals surface area contributed by atoms with Gasteiger partial charge in [-0.25, -0.2) is 4.98 Å². The van der Waals surface area contributed by atoms with Crippen LogP contribution in [0.1, 0.15) is 36.3 Å². The summed E-state index contributed by atoms with van der Waals surface area (Å²) < 4.78 is 5.83. The molecule has 2 N–H and O–H groups in total. The lowest BCUT2D eigenvalue weighted by atomic mass is 10.0. The zero-order valence-corrected chi connectivity index (χ0v) is 16.4. The van der Waals surface area contributed by atoms with Gasteiger partial charge in [0.25, 0.3) is 6.01 Å². The summed E-state index contributed by atoms with van der Waals surface area (Å²) in [4.78, 5) is 10.1. The minimum absolute atomic E-state index is 0.487. The van der Waals surface area contributed by atoms with E-state index in [0.29, 0.717) is 6.01 Å². The second-order valence-corrected chi connectivity index (χ2v) is 8.44. The molecule has 6 heteroatoms. The van der Waals surface area contributed by atoms with E-state index in [1.807, 2.05) is 55.6 Å². The summed E-state index contributed by atoms with van der Waals surface area (Å²) in [7, 11) is 0. The molecule has 0 radical (unpaired) electrons. The van der Waals surface area contributed by atoms with Crippen molar-refractivity contribution >= 4 is 34.1 Å². The Hall–Kier alpha value is -2.70. The van der Waals surface area contributed by atoms with Crippen LogP contribution in [0.15, 0.2) is 53.1 Å². The normalized spacial score (nSPS) is 15.9. The summed E-state index contributed by atoms with van der Waals surface area (Å²) >= 11 is 1.58. The van der Waals surface area contributed by atoms with Gasteiger partial charge < -0.3 is 14.8 Å². The average molecular weight is 391 g/mol. The number of nitrogens with zero attached hydrogens (tertiary/aromatic N) is 2. The van der Waals surface area contributed by atoms with Crippen molar-refractivity contribution in [2.75, 3.05) is 5.32 Å². The van der Waals surface area contributed by atoms with Crippen molar-refractivity contribution in [3.05, 3.63) is 59.2 Å². The summed E-state index contributed by atoms with van der Waals surface area (Å²) in [6.07, 6.45) is 5.63. The van der Waals surface area contributed by atoms with Crippen molar-refractivity contribution in [1.29, 1.82) is 0 Å². The van der Waals surface area contributed by atoms with E-state index in [1.165, 1.54) is 0 Å². The quantitative estimate of drug-likeness (QED) is 0.462. The lowest BCUT2D eigenvalue weighted by molar-refractivity contribution is 0.0442. The summed E-state index contributed by atoms with van der Waals surface area (Å²) in [6.45, 7) is 2.01.